The topological polar surface area (TPSA) is 78.9 Å². The molecular weight excluding hydrogens is 901 g/mol. The number of unbranched alkanes of at least 4 members (excludes halogenated alkanes) is 34. The lowest BCUT2D eigenvalue weighted by Crippen LogP contribution is -2.30. The van der Waals surface area contributed by atoms with Crippen LogP contribution in [-0.2, 0) is 28.6 Å². The first-order valence-corrected chi connectivity index (χ1v) is 31.4. The molecule has 0 aromatic carbocycles. The number of ether oxygens (including phenoxy) is 3. The van der Waals surface area contributed by atoms with Gasteiger partial charge < -0.3 is 14.2 Å². The summed E-state index contributed by atoms with van der Waals surface area (Å²) in [5.74, 6) is -0.942. The molecule has 6 heteroatoms. The monoisotopic (exact) mass is 1020 g/mol. The van der Waals surface area contributed by atoms with Crippen molar-refractivity contribution in [2.24, 2.45) is 0 Å². The van der Waals surface area contributed by atoms with Crippen LogP contribution >= 0.6 is 0 Å². The molecule has 0 fully saturated rings. The fourth-order valence-corrected chi connectivity index (χ4v) is 9.00. The van der Waals surface area contributed by atoms with E-state index in [0.717, 1.165) is 77.0 Å². The van der Waals surface area contributed by atoms with Crippen LogP contribution in [0.2, 0.25) is 0 Å². The summed E-state index contributed by atoms with van der Waals surface area (Å²) in [6, 6.07) is 0. The van der Waals surface area contributed by atoms with E-state index in [1.54, 1.807) is 0 Å². The third-order valence-electron chi connectivity index (χ3n) is 13.7. The van der Waals surface area contributed by atoms with E-state index in [1.807, 2.05) is 0 Å². The molecule has 73 heavy (non-hydrogen) atoms. The molecule has 0 radical (unpaired) electrons. The average Bonchev–Trinajstić information content (AvgIpc) is 3.39. The average molecular weight is 1020 g/mol. The van der Waals surface area contributed by atoms with Gasteiger partial charge in [-0.1, -0.05) is 286 Å². The quantitative estimate of drug-likeness (QED) is 0.0261. The van der Waals surface area contributed by atoms with Crippen LogP contribution < -0.4 is 0 Å². The van der Waals surface area contributed by atoms with Crippen molar-refractivity contribution >= 4 is 17.9 Å². The van der Waals surface area contributed by atoms with E-state index in [1.165, 1.54) is 193 Å². The summed E-state index contributed by atoms with van der Waals surface area (Å²) < 4.78 is 16.8. The van der Waals surface area contributed by atoms with Crippen molar-refractivity contribution in [2.75, 3.05) is 13.2 Å². The molecular formula is C67H118O6. The van der Waals surface area contributed by atoms with E-state index in [0.29, 0.717) is 19.3 Å². The fourth-order valence-electron chi connectivity index (χ4n) is 9.00. The maximum atomic E-state index is 12.8. The second kappa shape index (κ2) is 61.4. The number of carbonyl (C=O) groups excluding carboxylic acids is 3. The third kappa shape index (κ3) is 59.6. The molecule has 0 aliphatic carbocycles. The molecule has 0 saturated carbocycles. The summed E-state index contributed by atoms with van der Waals surface area (Å²) in [6.45, 7) is 6.50. The molecule has 0 spiro atoms. The molecule has 0 heterocycles. The molecule has 0 aliphatic heterocycles. The van der Waals surface area contributed by atoms with Crippen molar-refractivity contribution in [2.45, 2.75) is 322 Å². The van der Waals surface area contributed by atoms with Gasteiger partial charge in [-0.2, -0.15) is 0 Å². The molecule has 0 bridgehead atoms. The van der Waals surface area contributed by atoms with Crippen LogP contribution in [-0.4, -0.2) is 37.2 Å². The zero-order valence-electron chi connectivity index (χ0n) is 48.4. The van der Waals surface area contributed by atoms with Crippen molar-refractivity contribution in [3.05, 3.63) is 72.9 Å². The van der Waals surface area contributed by atoms with Crippen LogP contribution in [0.15, 0.2) is 72.9 Å². The minimum absolute atomic E-state index is 0.0948. The number of rotatable bonds is 57. The predicted molar refractivity (Wildman–Crippen MR) is 316 cm³/mol. The van der Waals surface area contributed by atoms with E-state index in [2.05, 4.69) is 93.7 Å². The molecule has 0 saturated heterocycles. The van der Waals surface area contributed by atoms with Crippen molar-refractivity contribution in [1.82, 2.24) is 0 Å². The summed E-state index contributed by atoms with van der Waals surface area (Å²) in [4.78, 5) is 38.2. The Labute approximate surface area is 453 Å². The van der Waals surface area contributed by atoms with Gasteiger partial charge in [0.2, 0.25) is 0 Å². The number of hydrogen-bond donors (Lipinski definition) is 0. The van der Waals surface area contributed by atoms with Gasteiger partial charge in [0.05, 0.1) is 0 Å². The highest BCUT2D eigenvalue weighted by Crippen LogP contribution is 2.17. The normalized spacial score (nSPS) is 12.5. The van der Waals surface area contributed by atoms with Crippen molar-refractivity contribution in [3.63, 3.8) is 0 Å². The van der Waals surface area contributed by atoms with E-state index in [-0.39, 0.29) is 37.5 Å². The van der Waals surface area contributed by atoms with Gasteiger partial charge in [0.15, 0.2) is 6.10 Å². The first-order valence-electron chi connectivity index (χ1n) is 31.4. The van der Waals surface area contributed by atoms with Gasteiger partial charge in [-0.15, -0.1) is 0 Å². The zero-order valence-corrected chi connectivity index (χ0v) is 48.4. The lowest BCUT2D eigenvalue weighted by molar-refractivity contribution is -0.167. The zero-order chi connectivity index (χ0) is 52.9. The summed E-state index contributed by atoms with van der Waals surface area (Å²) in [7, 11) is 0. The lowest BCUT2D eigenvalue weighted by atomic mass is 10.0. The highest BCUT2D eigenvalue weighted by Gasteiger charge is 2.19. The minimum atomic E-state index is -0.803. The molecule has 1 atom stereocenters. The van der Waals surface area contributed by atoms with E-state index < -0.39 is 6.10 Å². The molecule has 6 nitrogen and oxygen atoms in total. The SMILES string of the molecule is CC/C=C\C/C=C\C/C=C\C/C=C\C/C=C\CCCC(=O)OC(COC(=O)CCCCCCCCCCCCC)COC(=O)CCCCCCCCCCCCCCCCC/C=C\CCCCCCCCCC. The van der Waals surface area contributed by atoms with Gasteiger partial charge in [0, 0.05) is 19.3 Å². The minimum Gasteiger partial charge on any atom is -0.462 e. The summed E-state index contributed by atoms with van der Waals surface area (Å²) in [6.07, 6.45) is 79.3. The van der Waals surface area contributed by atoms with Gasteiger partial charge >= 0.3 is 17.9 Å². The van der Waals surface area contributed by atoms with E-state index in [4.69, 9.17) is 14.2 Å². The molecule has 0 aliphatic rings. The van der Waals surface area contributed by atoms with Crippen LogP contribution in [0.1, 0.15) is 316 Å². The molecule has 422 valence electrons. The molecule has 0 aromatic heterocycles. The highest BCUT2D eigenvalue weighted by molar-refractivity contribution is 5.71. The van der Waals surface area contributed by atoms with Gasteiger partial charge in [-0.3, -0.25) is 14.4 Å². The Balaban J connectivity index is 4.25. The molecule has 1 unspecified atom stereocenters. The first-order chi connectivity index (χ1) is 36.0. The summed E-state index contributed by atoms with van der Waals surface area (Å²) >= 11 is 0. The summed E-state index contributed by atoms with van der Waals surface area (Å²) in [5.41, 5.74) is 0. The van der Waals surface area contributed by atoms with Crippen LogP contribution in [0.3, 0.4) is 0 Å². The molecule has 0 N–H and O–H groups in total. The van der Waals surface area contributed by atoms with Crippen LogP contribution in [0.5, 0.6) is 0 Å². The number of esters is 3. The van der Waals surface area contributed by atoms with Gasteiger partial charge in [0.1, 0.15) is 13.2 Å². The van der Waals surface area contributed by atoms with Gasteiger partial charge in [-0.25, -0.2) is 0 Å². The maximum Gasteiger partial charge on any atom is 0.306 e. The van der Waals surface area contributed by atoms with Crippen molar-refractivity contribution in [3.8, 4) is 0 Å². The first kappa shape index (κ1) is 69.8. The Morgan fingerprint density at radius 1 is 0.288 bits per heavy atom. The molecule has 0 aromatic rings. The molecule has 0 amide bonds. The Hall–Kier alpha value is -3.15. The highest BCUT2D eigenvalue weighted by atomic mass is 16.6. The Bertz CT molecular complexity index is 1360. The smallest absolute Gasteiger partial charge is 0.306 e. The largest absolute Gasteiger partial charge is 0.462 e. The van der Waals surface area contributed by atoms with Gasteiger partial charge in [-0.05, 0) is 83.5 Å². The van der Waals surface area contributed by atoms with Crippen LogP contribution in [0.25, 0.3) is 0 Å². The van der Waals surface area contributed by atoms with Gasteiger partial charge in [0.25, 0.3) is 0 Å². The lowest BCUT2D eigenvalue weighted by Gasteiger charge is -2.18. The molecule has 0 rings (SSSR count). The number of allylic oxidation sites excluding steroid dienone is 12. The van der Waals surface area contributed by atoms with E-state index >= 15 is 0 Å². The second-order valence-electron chi connectivity index (χ2n) is 20.9. The van der Waals surface area contributed by atoms with E-state index in [9.17, 15) is 14.4 Å². The number of carbonyl (C=O) groups is 3. The Kier molecular flexibility index (Phi) is 58.7. The van der Waals surface area contributed by atoms with Crippen molar-refractivity contribution in [1.29, 1.82) is 0 Å². The maximum absolute atomic E-state index is 12.8. The Morgan fingerprint density at radius 3 is 0.890 bits per heavy atom. The van der Waals surface area contributed by atoms with Crippen LogP contribution in [0.4, 0.5) is 0 Å². The second-order valence-corrected chi connectivity index (χ2v) is 20.9. The van der Waals surface area contributed by atoms with Crippen LogP contribution in [0, 0.1) is 0 Å². The van der Waals surface area contributed by atoms with Crippen molar-refractivity contribution < 1.29 is 28.6 Å². The standard InChI is InChI=1S/C67H118O6/c1-4-7-10-13-16-19-22-24-26-28-29-30-31-32-33-34-35-36-37-39-40-42-45-48-51-54-57-60-66(69)72-63-64(62-71-65(68)59-56-53-50-47-44-21-18-15-12-9-6-3)73-67(70)61-58-55-52-49-46-43-41-38-27-25-23-20-17-14-11-8-5-2/h8,11,17,20,25,27-29,41,43,49,52,64H,4-7,9-10,12-16,18-19,21-24,26,30-40,42,44-48,50-51,53-63H2,1-3H3/b11-8-,20-17-,27-25-,29-28-,43-41-,52-49-. The Morgan fingerprint density at radius 2 is 0.548 bits per heavy atom. The third-order valence-corrected chi connectivity index (χ3v) is 13.7. The fraction of sp³-hybridized carbons (Fsp3) is 0.776. The number of hydrogen-bond acceptors (Lipinski definition) is 6. The predicted octanol–water partition coefficient (Wildman–Crippen LogP) is 21.3. The summed E-state index contributed by atoms with van der Waals surface area (Å²) in [5, 5.41) is 0.